The molecule has 2 fully saturated rings. The maximum absolute atomic E-state index is 12.3. The molecule has 17 heavy (non-hydrogen) atoms. The van der Waals surface area contributed by atoms with Crippen molar-refractivity contribution in [2.45, 2.75) is 52.1 Å². The van der Waals surface area contributed by atoms with Gasteiger partial charge in [-0.3, -0.25) is 9.59 Å². The van der Waals surface area contributed by atoms with Crippen LogP contribution >= 0.6 is 0 Å². The van der Waals surface area contributed by atoms with Gasteiger partial charge in [-0.15, -0.1) is 0 Å². The Bertz CT molecular complexity index is 323. The third-order valence-corrected chi connectivity index (χ3v) is 4.18. The molecule has 1 aliphatic heterocycles. The summed E-state index contributed by atoms with van der Waals surface area (Å²) in [6.45, 7) is 6.52. The Morgan fingerprint density at radius 3 is 2.59 bits per heavy atom. The van der Waals surface area contributed by atoms with Gasteiger partial charge in [0, 0.05) is 6.04 Å². The number of hydrogen-bond acceptors (Lipinski definition) is 2. The van der Waals surface area contributed by atoms with E-state index in [2.05, 4.69) is 19.2 Å². The molecule has 4 heteroatoms. The zero-order valence-electron chi connectivity index (χ0n) is 10.9. The summed E-state index contributed by atoms with van der Waals surface area (Å²) in [6.07, 6.45) is 3.00. The number of nitrogens with zero attached hydrogens (tertiary/aromatic N) is 1. The molecule has 0 aromatic rings. The minimum Gasteiger partial charge on any atom is -0.342 e. The van der Waals surface area contributed by atoms with Crippen LogP contribution in [0.25, 0.3) is 0 Å². The van der Waals surface area contributed by atoms with E-state index in [0.717, 1.165) is 19.3 Å². The summed E-state index contributed by atoms with van der Waals surface area (Å²) in [5.74, 6) is 1.02. The molecule has 1 N–H and O–H groups in total. The van der Waals surface area contributed by atoms with E-state index in [1.165, 1.54) is 0 Å². The van der Waals surface area contributed by atoms with Crippen molar-refractivity contribution in [1.82, 2.24) is 10.2 Å². The zero-order valence-corrected chi connectivity index (χ0v) is 10.9. The maximum Gasteiger partial charge on any atom is 0.246 e. The van der Waals surface area contributed by atoms with Crippen LogP contribution in [0.15, 0.2) is 0 Å². The van der Waals surface area contributed by atoms with Gasteiger partial charge in [0.2, 0.25) is 11.8 Å². The van der Waals surface area contributed by atoms with Gasteiger partial charge in [0.05, 0.1) is 6.54 Å². The number of hydrogen-bond donors (Lipinski definition) is 1. The van der Waals surface area contributed by atoms with Crippen molar-refractivity contribution < 1.29 is 9.59 Å². The van der Waals surface area contributed by atoms with E-state index in [-0.39, 0.29) is 30.3 Å². The average Bonchev–Trinajstić information content (AvgIpc) is 2.27. The lowest BCUT2D eigenvalue weighted by Gasteiger charge is -2.45. The SMILES string of the molecule is CCC(C)C1NC(=O)CN(C2CC(C)C2)C1=O. The first-order valence-corrected chi connectivity index (χ1v) is 6.62. The Kier molecular flexibility index (Phi) is 3.40. The Labute approximate surface area is 103 Å². The first-order valence-electron chi connectivity index (χ1n) is 6.62. The fourth-order valence-corrected chi connectivity index (χ4v) is 2.74. The highest BCUT2D eigenvalue weighted by Gasteiger charge is 2.41. The Morgan fingerprint density at radius 1 is 1.41 bits per heavy atom. The summed E-state index contributed by atoms with van der Waals surface area (Å²) in [4.78, 5) is 25.8. The molecular weight excluding hydrogens is 216 g/mol. The molecule has 96 valence electrons. The molecule has 1 heterocycles. The molecule has 2 unspecified atom stereocenters. The molecule has 2 aliphatic rings. The van der Waals surface area contributed by atoms with Crippen LogP contribution < -0.4 is 5.32 Å². The van der Waals surface area contributed by atoms with E-state index in [9.17, 15) is 9.59 Å². The molecule has 2 atom stereocenters. The van der Waals surface area contributed by atoms with Gasteiger partial charge in [-0.1, -0.05) is 27.2 Å². The van der Waals surface area contributed by atoms with Gasteiger partial charge < -0.3 is 10.2 Å². The van der Waals surface area contributed by atoms with Gasteiger partial charge in [-0.2, -0.15) is 0 Å². The van der Waals surface area contributed by atoms with Crippen molar-refractivity contribution in [1.29, 1.82) is 0 Å². The topological polar surface area (TPSA) is 49.4 Å². The third-order valence-electron chi connectivity index (χ3n) is 4.18. The molecule has 2 amide bonds. The van der Waals surface area contributed by atoms with Crippen LogP contribution in [0.4, 0.5) is 0 Å². The summed E-state index contributed by atoms with van der Waals surface area (Å²) < 4.78 is 0. The van der Waals surface area contributed by atoms with E-state index >= 15 is 0 Å². The van der Waals surface area contributed by atoms with Gasteiger partial charge >= 0.3 is 0 Å². The van der Waals surface area contributed by atoms with Crippen LogP contribution in [0.5, 0.6) is 0 Å². The molecule has 1 saturated heterocycles. The minimum atomic E-state index is -0.308. The van der Waals surface area contributed by atoms with Crippen molar-refractivity contribution in [3.8, 4) is 0 Å². The minimum absolute atomic E-state index is 0.00514. The highest BCUT2D eigenvalue weighted by atomic mass is 16.2. The van der Waals surface area contributed by atoms with E-state index in [0.29, 0.717) is 12.0 Å². The summed E-state index contributed by atoms with van der Waals surface area (Å²) >= 11 is 0. The molecule has 2 rings (SSSR count). The second-order valence-electron chi connectivity index (χ2n) is 5.63. The van der Waals surface area contributed by atoms with E-state index in [4.69, 9.17) is 0 Å². The van der Waals surface area contributed by atoms with Crippen LogP contribution in [0, 0.1) is 11.8 Å². The normalized spacial score (nSPS) is 35.2. The first-order chi connectivity index (χ1) is 8.02. The number of carbonyl (C=O) groups excluding carboxylic acids is 2. The summed E-state index contributed by atoms with van der Waals surface area (Å²) in [7, 11) is 0. The van der Waals surface area contributed by atoms with E-state index in [1.54, 1.807) is 4.90 Å². The van der Waals surface area contributed by atoms with Crippen LogP contribution in [0.3, 0.4) is 0 Å². The van der Waals surface area contributed by atoms with Crippen molar-refractivity contribution >= 4 is 11.8 Å². The van der Waals surface area contributed by atoms with Crippen LogP contribution in [-0.4, -0.2) is 35.3 Å². The van der Waals surface area contributed by atoms with Crippen molar-refractivity contribution in [3.05, 3.63) is 0 Å². The van der Waals surface area contributed by atoms with Crippen molar-refractivity contribution in [2.24, 2.45) is 11.8 Å². The number of piperazine rings is 1. The molecule has 0 aromatic carbocycles. The largest absolute Gasteiger partial charge is 0.342 e. The van der Waals surface area contributed by atoms with Crippen LogP contribution in [0.2, 0.25) is 0 Å². The van der Waals surface area contributed by atoms with Gasteiger partial charge in [-0.25, -0.2) is 0 Å². The highest BCUT2D eigenvalue weighted by molar-refractivity contribution is 5.95. The molecule has 0 aromatic heterocycles. The van der Waals surface area contributed by atoms with Gasteiger partial charge in [-0.05, 0) is 24.7 Å². The van der Waals surface area contributed by atoms with Crippen molar-refractivity contribution in [3.63, 3.8) is 0 Å². The van der Waals surface area contributed by atoms with Gasteiger partial charge in [0.1, 0.15) is 6.04 Å². The van der Waals surface area contributed by atoms with Crippen molar-refractivity contribution in [2.75, 3.05) is 6.54 Å². The average molecular weight is 238 g/mol. The van der Waals surface area contributed by atoms with E-state index in [1.807, 2.05) is 6.92 Å². The number of rotatable bonds is 3. The number of amides is 2. The fourth-order valence-electron chi connectivity index (χ4n) is 2.74. The third kappa shape index (κ3) is 2.31. The molecule has 0 radical (unpaired) electrons. The quantitative estimate of drug-likeness (QED) is 0.802. The molecule has 4 nitrogen and oxygen atoms in total. The highest BCUT2D eigenvalue weighted by Crippen LogP contribution is 2.32. The number of carbonyl (C=O) groups is 2. The molecule has 1 saturated carbocycles. The molecule has 0 spiro atoms. The molecule has 0 bridgehead atoms. The number of nitrogens with one attached hydrogen (secondary N) is 1. The van der Waals surface area contributed by atoms with Crippen LogP contribution in [0.1, 0.15) is 40.0 Å². The van der Waals surface area contributed by atoms with E-state index < -0.39 is 0 Å². The predicted molar refractivity (Wildman–Crippen MR) is 65.3 cm³/mol. The molecular formula is C13H22N2O2. The maximum atomic E-state index is 12.3. The Balaban J connectivity index is 2.06. The van der Waals surface area contributed by atoms with Crippen LogP contribution in [-0.2, 0) is 9.59 Å². The summed E-state index contributed by atoms with van der Waals surface area (Å²) in [5, 5.41) is 2.83. The lowest BCUT2D eigenvalue weighted by molar-refractivity contribution is -0.150. The predicted octanol–water partition coefficient (Wildman–Crippen LogP) is 1.16. The second kappa shape index (κ2) is 4.67. The monoisotopic (exact) mass is 238 g/mol. The zero-order chi connectivity index (χ0) is 12.6. The van der Waals surface area contributed by atoms with Gasteiger partial charge in [0.15, 0.2) is 0 Å². The molecule has 1 aliphatic carbocycles. The Hall–Kier alpha value is -1.06. The smallest absolute Gasteiger partial charge is 0.246 e. The fraction of sp³-hybridized carbons (Fsp3) is 0.846. The Morgan fingerprint density at radius 2 is 2.06 bits per heavy atom. The van der Waals surface area contributed by atoms with Gasteiger partial charge in [0.25, 0.3) is 0 Å². The first kappa shape index (κ1) is 12.4. The lowest BCUT2D eigenvalue weighted by atomic mass is 9.80. The lowest BCUT2D eigenvalue weighted by Crippen LogP contribution is -2.64. The summed E-state index contributed by atoms with van der Waals surface area (Å²) in [6, 6.07) is -0.00716. The summed E-state index contributed by atoms with van der Waals surface area (Å²) in [5.41, 5.74) is 0. The second-order valence-corrected chi connectivity index (χ2v) is 5.63. The standard InChI is InChI=1S/C13H22N2O2/c1-4-9(3)12-13(17)15(7-11(16)14-12)10-5-8(2)6-10/h8-10,12H,4-7H2,1-3H3,(H,14,16).